The van der Waals surface area contributed by atoms with Crippen molar-refractivity contribution < 1.29 is 14.6 Å². The largest absolute Gasteiger partial charge is 0.388 e. The van der Waals surface area contributed by atoms with Gasteiger partial charge in [0.05, 0.1) is 26.4 Å². The van der Waals surface area contributed by atoms with Gasteiger partial charge in [-0.3, -0.25) is 0 Å². The summed E-state index contributed by atoms with van der Waals surface area (Å²) in [6, 6.07) is 0. The second-order valence-corrected chi connectivity index (χ2v) is 6.31. The molecule has 3 rings (SSSR count). The van der Waals surface area contributed by atoms with Gasteiger partial charge >= 0.3 is 0 Å². The highest BCUT2D eigenvalue weighted by Crippen LogP contribution is 2.26. The van der Waals surface area contributed by atoms with Gasteiger partial charge in [-0.25, -0.2) is 0 Å². The maximum Gasteiger partial charge on any atom is 0.158 e. The zero-order valence-corrected chi connectivity index (χ0v) is 13.3. The molecule has 1 atom stereocenters. The van der Waals surface area contributed by atoms with Crippen LogP contribution < -0.4 is 0 Å². The van der Waals surface area contributed by atoms with Gasteiger partial charge in [0, 0.05) is 32.0 Å². The normalized spacial score (nSPS) is 25.3. The van der Waals surface area contributed by atoms with E-state index in [4.69, 9.17) is 9.47 Å². The van der Waals surface area contributed by atoms with Crippen LogP contribution >= 0.6 is 0 Å². The molecule has 1 unspecified atom stereocenters. The van der Waals surface area contributed by atoms with E-state index in [1.165, 1.54) is 6.42 Å². The number of hydrogen-bond donors (Lipinski definition) is 1. The number of ether oxygens (including phenoxy) is 2. The van der Waals surface area contributed by atoms with Gasteiger partial charge < -0.3 is 24.0 Å². The zero-order chi connectivity index (χ0) is 15.4. The van der Waals surface area contributed by atoms with Gasteiger partial charge in [-0.2, -0.15) is 0 Å². The van der Waals surface area contributed by atoms with Crippen LogP contribution in [0.1, 0.15) is 30.4 Å². The van der Waals surface area contributed by atoms with Gasteiger partial charge in [-0.15, -0.1) is 10.2 Å². The molecule has 1 aromatic heterocycles. The van der Waals surface area contributed by atoms with Gasteiger partial charge in [0.1, 0.15) is 12.4 Å². The summed E-state index contributed by atoms with van der Waals surface area (Å²) in [7, 11) is 1.94. The predicted molar refractivity (Wildman–Crippen MR) is 80.5 cm³/mol. The molecule has 2 fully saturated rings. The van der Waals surface area contributed by atoms with Crippen LogP contribution in [0.2, 0.25) is 0 Å². The number of aliphatic hydroxyl groups excluding tert-OH is 1. The molecule has 0 radical (unpaired) electrons. The predicted octanol–water partition coefficient (Wildman–Crippen LogP) is 0.150. The van der Waals surface area contributed by atoms with E-state index < -0.39 is 0 Å². The van der Waals surface area contributed by atoms with Crippen LogP contribution in [0.15, 0.2) is 0 Å². The van der Waals surface area contributed by atoms with Gasteiger partial charge in [-0.1, -0.05) is 0 Å². The molecule has 2 saturated heterocycles. The van der Waals surface area contributed by atoms with Gasteiger partial charge in [0.15, 0.2) is 5.82 Å². The number of aromatic nitrogens is 3. The molecule has 2 aliphatic rings. The molecule has 0 aliphatic carbocycles. The molecule has 2 aliphatic heterocycles. The quantitative estimate of drug-likeness (QED) is 0.853. The SMILES string of the molecule is Cn1c(CO)nnc1C1CCCN(CC2COCCOC2)C1. The van der Waals surface area contributed by atoms with Crippen molar-refractivity contribution >= 4 is 0 Å². The lowest BCUT2D eigenvalue weighted by atomic mass is 9.96. The summed E-state index contributed by atoms with van der Waals surface area (Å²) in [5, 5.41) is 17.6. The van der Waals surface area contributed by atoms with Crippen LogP contribution in [0.4, 0.5) is 0 Å². The van der Waals surface area contributed by atoms with E-state index in [0.717, 1.165) is 45.1 Å². The first kappa shape index (κ1) is 15.9. The number of rotatable bonds is 4. The van der Waals surface area contributed by atoms with E-state index >= 15 is 0 Å². The number of piperidine rings is 1. The Balaban J connectivity index is 1.59. The van der Waals surface area contributed by atoms with Crippen molar-refractivity contribution in [3.05, 3.63) is 11.6 Å². The number of likely N-dealkylation sites (tertiary alicyclic amines) is 1. The molecule has 3 heterocycles. The Labute approximate surface area is 131 Å². The molecule has 124 valence electrons. The lowest BCUT2D eigenvalue weighted by Gasteiger charge is -2.34. The molecule has 0 amide bonds. The Morgan fingerprint density at radius 3 is 2.68 bits per heavy atom. The fourth-order valence-corrected chi connectivity index (χ4v) is 3.44. The maximum atomic E-state index is 9.26. The summed E-state index contributed by atoms with van der Waals surface area (Å²) < 4.78 is 13.1. The second kappa shape index (κ2) is 7.50. The van der Waals surface area contributed by atoms with Crippen molar-refractivity contribution in [2.75, 3.05) is 46.1 Å². The Morgan fingerprint density at radius 2 is 2.00 bits per heavy atom. The summed E-state index contributed by atoms with van der Waals surface area (Å²) in [6.45, 7) is 6.08. The molecule has 7 nitrogen and oxygen atoms in total. The summed E-state index contributed by atoms with van der Waals surface area (Å²) in [6.07, 6.45) is 2.30. The van der Waals surface area contributed by atoms with Crippen LogP contribution in [0, 0.1) is 5.92 Å². The van der Waals surface area contributed by atoms with E-state index in [1.54, 1.807) is 0 Å². The Kier molecular flexibility index (Phi) is 5.41. The highest BCUT2D eigenvalue weighted by molar-refractivity contribution is 5.03. The third kappa shape index (κ3) is 3.65. The van der Waals surface area contributed by atoms with Crippen molar-refractivity contribution in [2.24, 2.45) is 13.0 Å². The lowest BCUT2D eigenvalue weighted by molar-refractivity contribution is 0.0913. The average molecular weight is 310 g/mol. The van der Waals surface area contributed by atoms with E-state index in [1.807, 2.05) is 11.6 Å². The van der Waals surface area contributed by atoms with E-state index in [9.17, 15) is 5.11 Å². The maximum absolute atomic E-state index is 9.26. The van der Waals surface area contributed by atoms with E-state index in [0.29, 0.717) is 30.9 Å². The minimum Gasteiger partial charge on any atom is -0.388 e. The van der Waals surface area contributed by atoms with Gasteiger partial charge in [0.25, 0.3) is 0 Å². The van der Waals surface area contributed by atoms with Crippen molar-refractivity contribution in [1.82, 2.24) is 19.7 Å². The lowest BCUT2D eigenvalue weighted by Crippen LogP contribution is -2.40. The third-order valence-corrected chi connectivity index (χ3v) is 4.61. The van der Waals surface area contributed by atoms with Gasteiger partial charge in [-0.05, 0) is 19.4 Å². The van der Waals surface area contributed by atoms with Crippen molar-refractivity contribution in [2.45, 2.75) is 25.4 Å². The number of hydrogen-bond acceptors (Lipinski definition) is 6. The van der Waals surface area contributed by atoms with E-state index in [-0.39, 0.29) is 6.61 Å². The Morgan fingerprint density at radius 1 is 1.23 bits per heavy atom. The molecular weight excluding hydrogens is 284 g/mol. The molecule has 1 aromatic rings. The van der Waals surface area contributed by atoms with Crippen molar-refractivity contribution in [3.63, 3.8) is 0 Å². The molecule has 0 saturated carbocycles. The van der Waals surface area contributed by atoms with Crippen LogP contribution in [-0.4, -0.2) is 70.8 Å². The second-order valence-electron chi connectivity index (χ2n) is 6.31. The third-order valence-electron chi connectivity index (χ3n) is 4.61. The highest BCUT2D eigenvalue weighted by Gasteiger charge is 2.27. The van der Waals surface area contributed by atoms with Crippen molar-refractivity contribution in [1.29, 1.82) is 0 Å². The molecule has 22 heavy (non-hydrogen) atoms. The number of aliphatic hydroxyl groups is 1. The molecule has 0 aromatic carbocycles. The molecular formula is C15H26N4O3. The van der Waals surface area contributed by atoms with E-state index in [2.05, 4.69) is 15.1 Å². The standard InChI is InChI=1S/C15H26N4O3/c1-18-14(9-20)16-17-15(18)13-3-2-4-19(8-13)7-12-10-21-5-6-22-11-12/h12-13,20H,2-11H2,1H3. The van der Waals surface area contributed by atoms with Crippen LogP contribution in [0.25, 0.3) is 0 Å². The minimum absolute atomic E-state index is 0.0588. The molecule has 7 heteroatoms. The molecule has 1 N–H and O–H groups in total. The summed E-state index contributed by atoms with van der Waals surface area (Å²) in [5.74, 6) is 2.47. The number of nitrogens with zero attached hydrogens (tertiary/aromatic N) is 4. The van der Waals surface area contributed by atoms with Crippen LogP contribution in [0.5, 0.6) is 0 Å². The Bertz CT molecular complexity index is 471. The summed E-state index contributed by atoms with van der Waals surface area (Å²) in [5.41, 5.74) is 0. The monoisotopic (exact) mass is 310 g/mol. The van der Waals surface area contributed by atoms with Crippen LogP contribution in [0.3, 0.4) is 0 Å². The van der Waals surface area contributed by atoms with Crippen molar-refractivity contribution in [3.8, 4) is 0 Å². The summed E-state index contributed by atoms with van der Waals surface area (Å²) >= 11 is 0. The highest BCUT2D eigenvalue weighted by atomic mass is 16.5. The van der Waals surface area contributed by atoms with Crippen LogP contribution in [-0.2, 0) is 23.1 Å². The molecule has 0 bridgehead atoms. The topological polar surface area (TPSA) is 72.6 Å². The first-order chi connectivity index (χ1) is 10.8. The fourth-order valence-electron chi connectivity index (χ4n) is 3.44. The fraction of sp³-hybridized carbons (Fsp3) is 0.867. The Hall–Kier alpha value is -1.02. The molecule has 0 spiro atoms. The first-order valence-corrected chi connectivity index (χ1v) is 8.14. The smallest absolute Gasteiger partial charge is 0.158 e. The summed E-state index contributed by atoms with van der Waals surface area (Å²) in [4.78, 5) is 2.49. The first-order valence-electron chi connectivity index (χ1n) is 8.14. The zero-order valence-electron chi connectivity index (χ0n) is 13.3. The minimum atomic E-state index is -0.0588. The van der Waals surface area contributed by atoms with Gasteiger partial charge in [0.2, 0.25) is 0 Å². The average Bonchev–Trinajstić information content (AvgIpc) is 2.73.